The highest BCUT2D eigenvalue weighted by Crippen LogP contribution is 2.35. The minimum absolute atomic E-state index is 0.156. The molecule has 2 N–H and O–H groups in total. The SMILES string of the molecule is CC1CN(Cc2ccccc2)c2ccccc2N(C(=O)c2nccnc2N)C1. The summed E-state index contributed by atoms with van der Waals surface area (Å²) < 4.78 is 0. The fraction of sp³-hybridized carbons (Fsp3) is 0.227. The molecule has 6 heteroatoms. The number of para-hydroxylation sites is 2. The summed E-state index contributed by atoms with van der Waals surface area (Å²) in [4.78, 5) is 25.6. The quantitative estimate of drug-likeness (QED) is 0.762. The number of carbonyl (C=O) groups excluding carboxylic acids is 1. The number of nitrogen functional groups attached to an aromatic ring is 1. The molecule has 28 heavy (non-hydrogen) atoms. The standard InChI is InChI=1S/C22H23N5O/c1-16-13-26(15-17-7-3-2-4-8-17)18-9-5-6-10-19(18)27(14-16)22(28)20-21(23)25-12-11-24-20/h2-12,16H,13-15H2,1H3,(H2,23,25). The minimum Gasteiger partial charge on any atom is -0.382 e. The average molecular weight is 373 g/mol. The van der Waals surface area contributed by atoms with Gasteiger partial charge in [-0.2, -0.15) is 0 Å². The van der Waals surface area contributed by atoms with Crippen molar-refractivity contribution in [2.24, 2.45) is 5.92 Å². The second kappa shape index (κ2) is 7.68. The second-order valence-electron chi connectivity index (χ2n) is 7.17. The number of nitrogens with two attached hydrogens (primary N) is 1. The van der Waals surface area contributed by atoms with E-state index in [9.17, 15) is 4.79 Å². The molecule has 1 aliphatic heterocycles. The smallest absolute Gasteiger partial charge is 0.280 e. The van der Waals surface area contributed by atoms with Gasteiger partial charge in [0, 0.05) is 32.0 Å². The van der Waals surface area contributed by atoms with Crippen LogP contribution in [0.2, 0.25) is 0 Å². The third-order valence-corrected chi connectivity index (χ3v) is 4.93. The third kappa shape index (κ3) is 3.53. The summed E-state index contributed by atoms with van der Waals surface area (Å²) in [6.45, 7) is 4.39. The van der Waals surface area contributed by atoms with Crippen molar-refractivity contribution in [2.45, 2.75) is 13.5 Å². The third-order valence-electron chi connectivity index (χ3n) is 4.93. The fourth-order valence-electron chi connectivity index (χ4n) is 3.69. The zero-order valence-corrected chi connectivity index (χ0v) is 15.8. The number of amides is 1. The maximum absolute atomic E-state index is 13.3. The van der Waals surface area contributed by atoms with Crippen molar-refractivity contribution in [3.05, 3.63) is 78.2 Å². The van der Waals surface area contributed by atoms with E-state index in [1.54, 1.807) is 4.90 Å². The first-order valence-corrected chi connectivity index (χ1v) is 9.39. The molecule has 1 unspecified atom stereocenters. The summed E-state index contributed by atoms with van der Waals surface area (Å²) in [5, 5.41) is 0. The number of rotatable bonds is 3. The van der Waals surface area contributed by atoms with Crippen LogP contribution in [-0.4, -0.2) is 29.0 Å². The number of aromatic nitrogens is 2. The first-order chi connectivity index (χ1) is 13.6. The Kier molecular flexibility index (Phi) is 4.93. The lowest BCUT2D eigenvalue weighted by atomic mass is 10.1. The van der Waals surface area contributed by atoms with E-state index < -0.39 is 0 Å². The highest BCUT2D eigenvalue weighted by Gasteiger charge is 2.30. The van der Waals surface area contributed by atoms with Crippen LogP contribution in [0.15, 0.2) is 67.0 Å². The molecule has 2 aromatic carbocycles. The van der Waals surface area contributed by atoms with Crippen LogP contribution in [-0.2, 0) is 6.54 Å². The van der Waals surface area contributed by atoms with Crippen molar-refractivity contribution < 1.29 is 4.79 Å². The van der Waals surface area contributed by atoms with Crippen LogP contribution in [0, 0.1) is 5.92 Å². The van der Waals surface area contributed by atoms with Crippen LogP contribution in [0.1, 0.15) is 23.0 Å². The number of anilines is 3. The Balaban J connectivity index is 1.73. The Labute approximate surface area is 164 Å². The predicted molar refractivity (Wildman–Crippen MR) is 111 cm³/mol. The van der Waals surface area contributed by atoms with Crippen LogP contribution in [0.25, 0.3) is 0 Å². The molecule has 0 saturated carbocycles. The van der Waals surface area contributed by atoms with Gasteiger partial charge in [0.25, 0.3) is 5.91 Å². The zero-order chi connectivity index (χ0) is 19.5. The van der Waals surface area contributed by atoms with Crippen LogP contribution in [0.5, 0.6) is 0 Å². The van der Waals surface area contributed by atoms with Crippen LogP contribution in [0.4, 0.5) is 17.2 Å². The lowest BCUT2D eigenvalue weighted by Gasteiger charge is -2.27. The molecular formula is C22H23N5O. The zero-order valence-electron chi connectivity index (χ0n) is 15.8. The van der Waals surface area contributed by atoms with E-state index in [1.165, 1.54) is 18.0 Å². The summed E-state index contributed by atoms with van der Waals surface area (Å²) in [6, 6.07) is 18.4. The van der Waals surface area contributed by atoms with E-state index >= 15 is 0 Å². The molecule has 6 nitrogen and oxygen atoms in total. The molecule has 0 saturated heterocycles. The summed E-state index contributed by atoms with van der Waals surface area (Å²) in [6.07, 6.45) is 2.99. The number of hydrogen-bond donors (Lipinski definition) is 1. The molecular weight excluding hydrogens is 350 g/mol. The number of benzene rings is 2. The van der Waals surface area contributed by atoms with E-state index in [0.717, 1.165) is 24.5 Å². The van der Waals surface area contributed by atoms with Crippen molar-refractivity contribution in [3.63, 3.8) is 0 Å². The molecule has 4 rings (SSSR count). The van der Waals surface area contributed by atoms with Crippen molar-refractivity contribution in [1.82, 2.24) is 9.97 Å². The van der Waals surface area contributed by atoms with E-state index in [2.05, 4.69) is 52.1 Å². The first-order valence-electron chi connectivity index (χ1n) is 9.39. The highest BCUT2D eigenvalue weighted by atomic mass is 16.2. The van der Waals surface area contributed by atoms with Gasteiger partial charge in [0.1, 0.15) is 0 Å². The molecule has 142 valence electrons. The number of hydrogen-bond acceptors (Lipinski definition) is 5. The molecule has 1 aliphatic rings. The van der Waals surface area contributed by atoms with Gasteiger partial charge in [-0.1, -0.05) is 49.4 Å². The normalized spacial score (nSPS) is 16.4. The highest BCUT2D eigenvalue weighted by molar-refractivity contribution is 6.09. The Morgan fingerprint density at radius 1 is 1.00 bits per heavy atom. The average Bonchev–Trinajstić information content (AvgIpc) is 2.85. The molecule has 0 aliphatic carbocycles. The van der Waals surface area contributed by atoms with E-state index in [4.69, 9.17) is 5.73 Å². The van der Waals surface area contributed by atoms with Crippen molar-refractivity contribution in [1.29, 1.82) is 0 Å². The van der Waals surface area contributed by atoms with Crippen LogP contribution < -0.4 is 15.5 Å². The Morgan fingerprint density at radius 2 is 1.68 bits per heavy atom. The molecule has 0 spiro atoms. The van der Waals surface area contributed by atoms with E-state index in [0.29, 0.717) is 6.54 Å². The summed E-state index contributed by atoms with van der Waals surface area (Å²) in [5.41, 5.74) is 9.26. The Bertz CT molecular complexity index is 975. The predicted octanol–water partition coefficient (Wildman–Crippen LogP) is 3.36. The second-order valence-corrected chi connectivity index (χ2v) is 7.17. The topological polar surface area (TPSA) is 75.3 Å². The maximum Gasteiger partial charge on any atom is 0.280 e. The van der Waals surface area contributed by atoms with Gasteiger partial charge < -0.3 is 15.5 Å². The molecule has 2 heterocycles. The van der Waals surface area contributed by atoms with Crippen molar-refractivity contribution in [3.8, 4) is 0 Å². The number of nitrogens with zero attached hydrogens (tertiary/aromatic N) is 4. The van der Waals surface area contributed by atoms with Crippen LogP contribution >= 0.6 is 0 Å². The number of fused-ring (bicyclic) bond motifs is 1. The Hall–Kier alpha value is -3.41. The van der Waals surface area contributed by atoms with Gasteiger partial charge in [-0.25, -0.2) is 9.97 Å². The first kappa shape index (κ1) is 18.0. The molecule has 3 aromatic rings. The lowest BCUT2D eigenvalue weighted by molar-refractivity contribution is 0.0980. The van der Waals surface area contributed by atoms with Gasteiger partial charge >= 0.3 is 0 Å². The molecule has 1 aromatic heterocycles. The molecule has 0 radical (unpaired) electrons. The summed E-state index contributed by atoms with van der Waals surface area (Å²) in [5.74, 6) is 0.215. The maximum atomic E-state index is 13.3. The van der Waals surface area contributed by atoms with Gasteiger partial charge in [0.15, 0.2) is 11.5 Å². The van der Waals surface area contributed by atoms with Crippen molar-refractivity contribution >= 4 is 23.1 Å². The summed E-state index contributed by atoms with van der Waals surface area (Å²) in [7, 11) is 0. The fourth-order valence-corrected chi connectivity index (χ4v) is 3.69. The summed E-state index contributed by atoms with van der Waals surface area (Å²) >= 11 is 0. The van der Waals surface area contributed by atoms with E-state index in [-0.39, 0.29) is 23.3 Å². The van der Waals surface area contributed by atoms with Gasteiger partial charge in [-0.15, -0.1) is 0 Å². The molecule has 1 amide bonds. The number of carbonyl (C=O) groups is 1. The van der Waals surface area contributed by atoms with Crippen LogP contribution in [0.3, 0.4) is 0 Å². The monoisotopic (exact) mass is 373 g/mol. The van der Waals surface area contributed by atoms with Gasteiger partial charge in [0.2, 0.25) is 0 Å². The lowest BCUT2D eigenvalue weighted by Crippen LogP contribution is -2.36. The van der Waals surface area contributed by atoms with E-state index in [1.807, 2.05) is 24.3 Å². The molecule has 0 bridgehead atoms. The Morgan fingerprint density at radius 3 is 2.43 bits per heavy atom. The van der Waals surface area contributed by atoms with Gasteiger partial charge in [-0.05, 0) is 23.6 Å². The van der Waals surface area contributed by atoms with Gasteiger partial charge in [0.05, 0.1) is 11.4 Å². The van der Waals surface area contributed by atoms with Gasteiger partial charge in [-0.3, -0.25) is 4.79 Å². The minimum atomic E-state index is -0.216. The molecule has 0 fully saturated rings. The largest absolute Gasteiger partial charge is 0.382 e. The van der Waals surface area contributed by atoms with Crippen molar-refractivity contribution in [2.75, 3.05) is 28.6 Å². The molecule has 1 atom stereocenters.